The maximum atomic E-state index is 7.06. The van der Waals surface area contributed by atoms with Gasteiger partial charge in [-0.3, -0.25) is 4.84 Å². The Morgan fingerprint density at radius 2 is 1.90 bits per heavy atom. The fourth-order valence-electron chi connectivity index (χ4n) is 7.23. The summed E-state index contributed by atoms with van der Waals surface area (Å²) in [5.74, 6) is 2.45. The van der Waals surface area contributed by atoms with E-state index in [4.69, 9.17) is 9.57 Å². The first-order chi connectivity index (χ1) is 14.9. The molecule has 5 fully saturated rings. The van der Waals surface area contributed by atoms with E-state index in [0.717, 1.165) is 31.3 Å². The molecule has 2 aromatic rings. The van der Waals surface area contributed by atoms with Gasteiger partial charge in [0.15, 0.2) is 0 Å². The van der Waals surface area contributed by atoms with E-state index in [1.807, 2.05) is 6.07 Å². The average Bonchev–Trinajstić information content (AvgIpc) is 3.26. The second kappa shape index (κ2) is 6.49. The third-order valence-corrected chi connectivity index (χ3v) is 9.14. The van der Waals surface area contributed by atoms with Crippen LogP contribution >= 0.6 is 0 Å². The van der Waals surface area contributed by atoms with E-state index in [0.29, 0.717) is 11.3 Å². The Hall–Kier alpha value is -2.04. The van der Waals surface area contributed by atoms with Crippen molar-refractivity contribution in [2.75, 3.05) is 25.2 Å². The molecule has 0 N–H and O–H groups in total. The molecule has 31 heavy (non-hydrogen) atoms. The molecular weight excluding hydrogens is 384 g/mol. The number of nitrogens with zero attached hydrogens (tertiary/aromatic N) is 2. The third kappa shape index (κ3) is 2.67. The lowest BCUT2D eigenvalue weighted by Gasteiger charge is -2.63. The molecule has 2 saturated heterocycles. The molecule has 164 valence electrons. The third-order valence-electron chi connectivity index (χ3n) is 9.14. The lowest BCUT2D eigenvalue weighted by molar-refractivity contribution is -0.285. The summed E-state index contributed by atoms with van der Waals surface area (Å²) in [5, 5.41) is 2.33. The lowest BCUT2D eigenvalue weighted by atomic mass is 9.43. The van der Waals surface area contributed by atoms with Gasteiger partial charge in [-0.15, -0.1) is 0 Å². The maximum absolute atomic E-state index is 7.06. The summed E-state index contributed by atoms with van der Waals surface area (Å²) in [6.07, 6.45) is 4.89. The Labute approximate surface area is 186 Å². The number of fused-ring (bicyclic) bond motifs is 2. The molecule has 0 unspecified atom stereocenters. The van der Waals surface area contributed by atoms with Crippen molar-refractivity contribution < 1.29 is 9.57 Å². The van der Waals surface area contributed by atoms with Crippen molar-refractivity contribution in [1.29, 1.82) is 0 Å². The smallest absolute Gasteiger partial charge is 0.119 e. The van der Waals surface area contributed by atoms with Crippen LogP contribution in [0.2, 0.25) is 0 Å². The molecule has 3 aliphatic carbocycles. The minimum atomic E-state index is -0.141. The summed E-state index contributed by atoms with van der Waals surface area (Å²) in [7, 11) is 1.76. The lowest BCUT2D eigenvalue weighted by Crippen LogP contribution is -2.62. The largest absolute Gasteiger partial charge is 0.497 e. The minimum absolute atomic E-state index is 0.0271. The molecule has 3 saturated carbocycles. The molecule has 7 rings (SSSR count). The Bertz CT molecular complexity index is 1000. The molecule has 2 aromatic carbocycles. The fourth-order valence-corrected chi connectivity index (χ4v) is 7.23. The zero-order valence-corrected chi connectivity index (χ0v) is 19.2. The van der Waals surface area contributed by atoms with Gasteiger partial charge < -0.3 is 9.64 Å². The standard InChI is InChI=1S/C27H34N2O2/c1-19-8-10-22(11-9-19)28-17-26(21-6-5-7-23(14-21)30-4)16-27(31-29(26)18-28)13-12-20-15-24(27)25(20,2)3/h5-11,14,20,24H,12-13,15-18H2,1-4H3/t20-,24-,26-,27+/m1/s1. The van der Waals surface area contributed by atoms with Gasteiger partial charge in [-0.2, -0.15) is 5.06 Å². The molecule has 0 radical (unpaired) electrons. The number of hydrogen-bond donors (Lipinski definition) is 0. The van der Waals surface area contributed by atoms with Crippen LogP contribution in [0, 0.1) is 24.2 Å². The Kier molecular flexibility index (Phi) is 4.11. The SMILES string of the molecule is COc1cccc([C@@]23CN(c4ccc(C)cc4)CN2O[C@@]2(CC[C@@H]4C[C@@H]2C4(C)C)C3)c1. The van der Waals surface area contributed by atoms with Gasteiger partial charge in [-0.1, -0.05) is 43.7 Å². The highest BCUT2D eigenvalue weighted by Crippen LogP contribution is 2.68. The van der Waals surface area contributed by atoms with Gasteiger partial charge in [-0.05, 0) is 73.3 Å². The summed E-state index contributed by atoms with van der Waals surface area (Å²) >= 11 is 0. The molecule has 4 nitrogen and oxygen atoms in total. The second-order valence-corrected chi connectivity index (χ2v) is 11.0. The summed E-state index contributed by atoms with van der Waals surface area (Å²) in [6, 6.07) is 17.6. The highest BCUT2D eigenvalue weighted by molar-refractivity contribution is 5.51. The van der Waals surface area contributed by atoms with Crippen LogP contribution in [-0.2, 0) is 10.4 Å². The molecule has 2 aliphatic heterocycles. The van der Waals surface area contributed by atoms with E-state index < -0.39 is 0 Å². The summed E-state index contributed by atoms with van der Waals surface area (Å²) in [6.45, 7) is 8.83. The van der Waals surface area contributed by atoms with Crippen molar-refractivity contribution in [2.45, 2.75) is 57.6 Å². The molecule has 2 bridgehead atoms. The van der Waals surface area contributed by atoms with E-state index in [1.165, 1.54) is 36.1 Å². The second-order valence-electron chi connectivity index (χ2n) is 11.0. The van der Waals surface area contributed by atoms with Crippen molar-refractivity contribution in [3.63, 3.8) is 0 Å². The van der Waals surface area contributed by atoms with Crippen LogP contribution in [0.5, 0.6) is 5.75 Å². The molecule has 2 heterocycles. The van der Waals surface area contributed by atoms with Crippen molar-refractivity contribution in [1.82, 2.24) is 5.06 Å². The number of aryl methyl sites for hydroxylation is 1. The van der Waals surface area contributed by atoms with E-state index in [9.17, 15) is 0 Å². The zero-order chi connectivity index (χ0) is 21.4. The van der Waals surface area contributed by atoms with Crippen molar-refractivity contribution in [3.8, 4) is 5.75 Å². The van der Waals surface area contributed by atoms with Crippen LogP contribution in [0.4, 0.5) is 5.69 Å². The summed E-state index contributed by atoms with van der Waals surface area (Å²) in [4.78, 5) is 9.53. The van der Waals surface area contributed by atoms with Crippen LogP contribution in [0.3, 0.4) is 0 Å². The Morgan fingerprint density at radius 1 is 1.10 bits per heavy atom. The van der Waals surface area contributed by atoms with Crippen LogP contribution in [0.25, 0.3) is 0 Å². The van der Waals surface area contributed by atoms with Crippen molar-refractivity contribution in [2.24, 2.45) is 17.3 Å². The molecule has 4 heteroatoms. The van der Waals surface area contributed by atoms with E-state index >= 15 is 0 Å². The highest BCUT2D eigenvalue weighted by Gasteiger charge is 2.69. The fraction of sp³-hybridized carbons (Fsp3) is 0.556. The van der Waals surface area contributed by atoms with Crippen LogP contribution in [0.1, 0.15) is 50.7 Å². The molecular formula is C27H34N2O2. The topological polar surface area (TPSA) is 24.9 Å². The number of benzene rings is 2. The van der Waals surface area contributed by atoms with Crippen LogP contribution in [0.15, 0.2) is 48.5 Å². The van der Waals surface area contributed by atoms with Gasteiger partial charge in [0.1, 0.15) is 5.75 Å². The normalized spacial score (nSPS) is 35.8. The monoisotopic (exact) mass is 418 g/mol. The predicted molar refractivity (Wildman–Crippen MR) is 123 cm³/mol. The number of hydrogen-bond acceptors (Lipinski definition) is 4. The van der Waals surface area contributed by atoms with Gasteiger partial charge in [-0.25, -0.2) is 0 Å². The van der Waals surface area contributed by atoms with Crippen LogP contribution in [-0.4, -0.2) is 31.0 Å². The predicted octanol–water partition coefficient (Wildman–Crippen LogP) is 5.51. The van der Waals surface area contributed by atoms with Gasteiger partial charge >= 0.3 is 0 Å². The quantitative estimate of drug-likeness (QED) is 0.656. The molecule has 1 spiro atoms. The Balaban J connectivity index is 1.40. The molecule has 0 aromatic heterocycles. The first-order valence-electron chi connectivity index (χ1n) is 11.8. The van der Waals surface area contributed by atoms with Crippen LogP contribution < -0.4 is 9.64 Å². The first-order valence-corrected chi connectivity index (χ1v) is 11.8. The summed E-state index contributed by atoms with van der Waals surface area (Å²) in [5.41, 5.74) is 4.11. The van der Waals surface area contributed by atoms with Gasteiger partial charge in [0, 0.05) is 18.7 Å². The average molecular weight is 419 g/mol. The number of anilines is 1. The van der Waals surface area contributed by atoms with Crippen molar-refractivity contribution >= 4 is 5.69 Å². The number of rotatable bonds is 3. The highest BCUT2D eigenvalue weighted by atomic mass is 16.7. The summed E-state index contributed by atoms with van der Waals surface area (Å²) < 4.78 is 5.61. The van der Waals surface area contributed by atoms with Crippen molar-refractivity contribution in [3.05, 3.63) is 59.7 Å². The van der Waals surface area contributed by atoms with E-state index in [1.54, 1.807) is 7.11 Å². The first kappa shape index (κ1) is 19.6. The Morgan fingerprint density at radius 3 is 2.61 bits per heavy atom. The molecule has 5 aliphatic rings. The van der Waals surface area contributed by atoms with Gasteiger partial charge in [0.2, 0.25) is 0 Å². The maximum Gasteiger partial charge on any atom is 0.119 e. The zero-order valence-electron chi connectivity index (χ0n) is 19.2. The molecule has 0 amide bonds. The number of ether oxygens (including phenoxy) is 1. The number of hydroxylamine groups is 2. The van der Waals surface area contributed by atoms with Gasteiger partial charge in [0.05, 0.1) is 24.9 Å². The van der Waals surface area contributed by atoms with Gasteiger partial charge in [0.25, 0.3) is 0 Å². The number of methoxy groups -OCH3 is 1. The molecule has 4 atom stereocenters. The van der Waals surface area contributed by atoms with E-state index in [-0.39, 0.29) is 11.1 Å². The van der Waals surface area contributed by atoms with E-state index in [2.05, 4.69) is 73.2 Å². The minimum Gasteiger partial charge on any atom is -0.497 e.